The Morgan fingerprint density at radius 3 is 2.44 bits per heavy atom. The number of nitrogens with one attached hydrogen (secondary N) is 1. The van der Waals surface area contributed by atoms with Gasteiger partial charge in [-0.3, -0.25) is 9.59 Å². The first-order chi connectivity index (χ1) is 8.35. The lowest BCUT2D eigenvalue weighted by Gasteiger charge is -2.14. The van der Waals surface area contributed by atoms with Gasteiger partial charge in [0, 0.05) is 5.02 Å². The second-order valence-corrected chi connectivity index (χ2v) is 5.03. The van der Waals surface area contributed by atoms with Gasteiger partial charge in [0.05, 0.1) is 10.6 Å². The van der Waals surface area contributed by atoms with Gasteiger partial charge in [-0.1, -0.05) is 23.2 Å². The Labute approximate surface area is 113 Å². The number of primary amides is 1. The third-order valence-electron chi connectivity index (χ3n) is 2.85. The molecule has 2 amide bonds. The van der Waals surface area contributed by atoms with Gasteiger partial charge in [0.15, 0.2) is 0 Å². The summed E-state index contributed by atoms with van der Waals surface area (Å²) in [5.74, 6) is -1.60. The van der Waals surface area contributed by atoms with Crippen LogP contribution >= 0.6 is 23.2 Å². The first kappa shape index (κ1) is 13.0. The highest BCUT2D eigenvalue weighted by Gasteiger charge is 2.50. The molecule has 0 aromatic heterocycles. The van der Waals surface area contributed by atoms with Crippen molar-refractivity contribution in [2.24, 2.45) is 5.73 Å². The zero-order chi connectivity index (χ0) is 13.5. The largest absolute Gasteiger partial charge is 0.506 e. The number of carbonyl (C=O) groups is 2. The van der Waals surface area contributed by atoms with E-state index >= 15 is 0 Å². The van der Waals surface area contributed by atoms with Crippen molar-refractivity contribution in [2.75, 3.05) is 0 Å². The smallest absolute Gasteiger partial charge is 0.256 e. The molecule has 2 rings (SSSR count). The van der Waals surface area contributed by atoms with Crippen molar-refractivity contribution < 1.29 is 14.7 Å². The fraction of sp³-hybridized carbons (Fsp3) is 0.273. The number of carbonyl (C=O) groups excluding carboxylic acids is 2. The van der Waals surface area contributed by atoms with Gasteiger partial charge in [-0.25, -0.2) is 0 Å². The second kappa shape index (κ2) is 4.33. The molecule has 0 saturated heterocycles. The van der Waals surface area contributed by atoms with Crippen LogP contribution in [0.2, 0.25) is 10.0 Å². The summed E-state index contributed by atoms with van der Waals surface area (Å²) in [6, 6.07) is 2.59. The zero-order valence-electron chi connectivity index (χ0n) is 9.17. The summed E-state index contributed by atoms with van der Waals surface area (Å²) in [6.45, 7) is 0. The number of amides is 2. The van der Waals surface area contributed by atoms with E-state index in [0.717, 1.165) is 0 Å². The maximum Gasteiger partial charge on any atom is 0.256 e. The molecule has 1 fully saturated rings. The van der Waals surface area contributed by atoms with Crippen LogP contribution < -0.4 is 11.1 Å². The number of phenolic OH excluding ortho intramolecular Hbond substituents is 1. The van der Waals surface area contributed by atoms with Crippen LogP contribution in [0.5, 0.6) is 5.75 Å². The molecule has 7 heteroatoms. The minimum atomic E-state index is -1.00. The van der Waals surface area contributed by atoms with Gasteiger partial charge >= 0.3 is 0 Å². The molecule has 0 bridgehead atoms. The number of rotatable bonds is 3. The van der Waals surface area contributed by atoms with E-state index in [1.807, 2.05) is 0 Å². The van der Waals surface area contributed by atoms with Crippen LogP contribution in [0.4, 0.5) is 0 Å². The molecule has 4 N–H and O–H groups in total. The summed E-state index contributed by atoms with van der Waals surface area (Å²) in [5.41, 5.74) is 4.10. The van der Waals surface area contributed by atoms with E-state index < -0.39 is 17.4 Å². The Morgan fingerprint density at radius 1 is 1.33 bits per heavy atom. The number of benzene rings is 1. The minimum absolute atomic E-state index is 0.0310. The molecule has 0 atom stereocenters. The molecule has 1 aliphatic rings. The standard InChI is InChI=1S/C11H10Cl2N2O3/c12-5-3-6(8(16)7(13)4-5)9(17)15-11(1-2-11)10(14)18/h3-4,16H,1-2H2,(H2,14,18)(H,15,17). The first-order valence-electron chi connectivity index (χ1n) is 5.16. The van der Waals surface area contributed by atoms with Gasteiger partial charge in [0.25, 0.3) is 5.91 Å². The maximum absolute atomic E-state index is 11.9. The lowest BCUT2D eigenvalue weighted by Crippen LogP contribution is -2.46. The van der Waals surface area contributed by atoms with Crippen LogP contribution in [0.1, 0.15) is 23.2 Å². The van der Waals surface area contributed by atoms with Crippen molar-refractivity contribution in [2.45, 2.75) is 18.4 Å². The molecule has 1 aromatic carbocycles. The minimum Gasteiger partial charge on any atom is -0.506 e. The van der Waals surface area contributed by atoms with E-state index in [-0.39, 0.29) is 21.4 Å². The third kappa shape index (κ3) is 2.23. The molecule has 0 aliphatic heterocycles. The average molecular weight is 289 g/mol. The van der Waals surface area contributed by atoms with Crippen LogP contribution in [0, 0.1) is 0 Å². The van der Waals surface area contributed by atoms with Gasteiger partial charge < -0.3 is 16.2 Å². The summed E-state index contributed by atoms with van der Waals surface area (Å²) < 4.78 is 0. The van der Waals surface area contributed by atoms with Gasteiger partial charge in [0.2, 0.25) is 5.91 Å². The lowest BCUT2D eigenvalue weighted by molar-refractivity contribution is -0.120. The monoisotopic (exact) mass is 288 g/mol. The van der Waals surface area contributed by atoms with Crippen molar-refractivity contribution >= 4 is 35.0 Å². The molecular formula is C11H10Cl2N2O3. The molecule has 0 spiro atoms. The summed E-state index contributed by atoms with van der Waals surface area (Å²) in [5, 5.41) is 12.4. The molecule has 1 aromatic rings. The van der Waals surface area contributed by atoms with Gasteiger partial charge in [-0.05, 0) is 25.0 Å². The third-order valence-corrected chi connectivity index (χ3v) is 3.35. The summed E-state index contributed by atoms with van der Waals surface area (Å²) in [4.78, 5) is 23.1. The fourth-order valence-corrected chi connectivity index (χ4v) is 2.08. The number of hydrogen-bond acceptors (Lipinski definition) is 3. The highest BCUT2D eigenvalue weighted by atomic mass is 35.5. The Balaban J connectivity index is 2.27. The molecule has 0 radical (unpaired) electrons. The number of phenols is 1. The quantitative estimate of drug-likeness (QED) is 0.786. The van der Waals surface area contributed by atoms with E-state index in [9.17, 15) is 14.7 Å². The molecule has 5 nitrogen and oxygen atoms in total. The predicted octanol–water partition coefficient (Wildman–Crippen LogP) is 1.45. The van der Waals surface area contributed by atoms with Crippen molar-refractivity contribution in [3.05, 3.63) is 27.7 Å². The number of hydrogen-bond donors (Lipinski definition) is 3. The number of nitrogens with two attached hydrogens (primary N) is 1. The predicted molar refractivity (Wildman–Crippen MR) is 66.8 cm³/mol. The Morgan fingerprint density at radius 2 is 1.94 bits per heavy atom. The summed E-state index contributed by atoms with van der Waals surface area (Å²) in [6.07, 6.45) is 0.978. The van der Waals surface area contributed by atoms with Gasteiger partial charge in [-0.15, -0.1) is 0 Å². The van der Waals surface area contributed by atoms with E-state index in [2.05, 4.69) is 5.32 Å². The van der Waals surface area contributed by atoms with Gasteiger partial charge in [0.1, 0.15) is 11.3 Å². The molecule has 96 valence electrons. The van der Waals surface area contributed by atoms with Crippen LogP contribution in [0.3, 0.4) is 0 Å². The molecule has 1 saturated carbocycles. The highest BCUT2D eigenvalue weighted by Crippen LogP contribution is 2.37. The summed E-state index contributed by atoms with van der Waals surface area (Å²) >= 11 is 11.5. The van der Waals surface area contributed by atoms with E-state index in [4.69, 9.17) is 28.9 Å². The zero-order valence-corrected chi connectivity index (χ0v) is 10.7. The average Bonchev–Trinajstić information content (AvgIpc) is 3.04. The first-order valence-corrected chi connectivity index (χ1v) is 5.92. The van der Waals surface area contributed by atoms with Crippen LogP contribution in [-0.4, -0.2) is 22.5 Å². The van der Waals surface area contributed by atoms with E-state index in [1.165, 1.54) is 12.1 Å². The Hall–Kier alpha value is -1.46. The van der Waals surface area contributed by atoms with Crippen molar-refractivity contribution in [1.29, 1.82) is 0 Å². The van der Waals surface area contributed by atoms with E-state index in [0.29, 0.717) is 12.8 Å². The van der Waals surface area contributed by atoms with Gasteiger partial charge in [-0.2, -0.15) is 0 Å². The number of halogens is 2. The van der Waals surface area contributed by atoms with Crippen LogP contribution in [-0.2, 0) is 4.79 Å². The molecule has 0 unspecified atom stereocenters. The molecule has 1 aliphatic carbocycles. The SMILES string of the molecule is NC(=O)C1(NC(=O)c2cc(Cl)cc(Cl)c2O)CC1. The topological polar surface area (TPSA) is 92.4 Å². The Bertz CT molecular complexity index is 541. The second-order valence-electron chi connectivity index (χ2n) is 4.18. The van der Waals surface area contributed by atoms with Crippen molar-refractivity contribution in [1.82, 2.24) is 5.32 Å². The van der Waals surface area contributed by atoms with Crippen molar-refractivity contribution in [3.63, 3.8) is 0 Å². The highest BCUT2D eigenvalue weighted by molar-refractivity contribution is 6.36. The fourth-order valence-electron chi connectivity index (χ4n) is 1.58. The van der Waals surface area contributed by atoms with Crippen LogP contribution in [0.15, 0.2) is 12.1 Å². The van der Waals surface area contributed by atoms with Crippen LogP contribution in [0.25, 0.3) is 0 Å². The summed E-state index contributed by atoms with van der Waals surface area (Å²) in [7, 11) is 0. The number of aromatic hydroxyl groups is 1. The molecular weight excluding hydrogens is 279 g/mol. The van der Waals surface area contributed by atoms with Crippen molar-refractivity contribution in [3.8, 4) is 5.75 Å². The maximum atomic E-state index is 11.9. The molecule has 0 heterocycles. The lowest BCUT2D eigenvalue weighted by atomic mass is 10.1. The normalized spacial score (nSPS) is 16.1. The Kier molecular flexibility index (Phi) is 3.12. The molecule has 18 heavy (non-hydrogen) atoms. The van der Waals surface area contributed by atoms with E-state index in [1.54, 1.807) is 0 Å².